The van der Waals surface area contributed by atoms with E-state index in [0.717, 1.165) is 12.1 Å². The van der Waals surface area contributed by atoms with Gasteiger partial charge in [0.05, 0.1) is 15.9 Å². The second-order valence-corrected chi connectivity index (χ2v) is 3.27. The first-order valence-corrected chi connectivity index (χ1v) is 4.37. The van der Waals surface area contributed by atoms with E-state index in [1.807, 2.05) is 0 Å². The summed E-state index contributed by atoms with van der Waals surface area (Å²) in [6.07, 6.45) is 0. The van der Waals surface area contributed by atoms with Crippen LogP contribution in [0.2, 0.25) is 0 Å². The number of nitrogens with zero attached hydrogens (tertiary/aromatic N) is 3. The van der Waals surface area contributed by atoms with Crippen molar-refractivity contribution in [3.63, 3.8) is 0 Å². The first-order valence-electron chi connectivity index (χ1n) is 4.37. The molecule has 0 N–H and O–H groups in total. The summed E-state index contributed by atoms with van der Waals surface area (Å²) in [4.78, 5) is 29.2. The maximum atomic E-state index is 10.7. The van der Waals surface area contributed by atoms with E-state index in [1.54, 1.807) is 0 Å². The van der Waals surface area contributed by atoms with E-state index in [1.165, 1.54) is 6.92 Å². The Morgan fingerprint density at radius 2 is 1.65 bits per heavy atom. The smallest absolute Gasteiger partial charge is 0.264 e. The molecule has 0 bridgehead atoms. The zero-order chi connectivity index (χ0) is 13.2. The van der Waals surface area contributed by atoms with Crippen LogP contribution in [0.5, 0.6) is 0 Å². The zero-order valence-corrected chi connectivity index (χ0v) is 8.65. The van der Waals surface area contributed by atoms with Crippen molar-refractivity contribution in [1.82, 2.24) is 0 Å². The maximum absolute atomic E-state index is 10.7. The predicted molar refractivity (Wildman–Crippen MR) is 55.2 cm³/mol. The Balaban J connectivity index is 3.43. The molecule has 0 saturated carbocycles. The summed E-state index contributed by atoms with van der Waals surface area (Å²) < 4.78 is 0. The molecule has 0 aliphatic rings. The second-order valence-electron chi connectivity index (χ2n) is 3.27. The van der Waals surface area contributed by atoms with Crippen molar-refractivity contribution in [2.24, 2.45) is 0 Å². The van der Waals surface area contributed by atoms with Crippen LogP contribution in [-0.4, -0.2) is 14.8 Å². The Kier molecular flexibility index (Phi) is 3.31. The molecular weight excluding hydrogens is 234 g/mol. The highest BCUT2D eigenvalue weighted by Gasteiger charge is 2.25. The van der Waals surface area contributed by atoms with E-state index in [4.69, 9.17) is 0 Å². The molecule has 9 nitrogen and oxygen atoms in total. The Bertz CT molecular complexity index is 512. The first-order chi connectivity index (χ1) is 7.82. The molecule has 17 heavy (non-hydrogen) atoms. The van der Waals surface area contributed by atoms with Crippen molar-refractivity contribution >= 4 is 11.4 Å². The Morgan fingerprint density at radius 3 is 2.06 bits per heavy atom. The van der Waals surface area contributed by atoms with Crippen LogP contribution < -0.4 is 0 Å². The van der Waals surface area contributed by atoms with Gasteiger partial charge in [-0.2, -0.15) is 0 Å². The third kappa shape index (κ3) is 2.71. The molecule has 0 heterocycles. The summed E-state index contributed by atoms with van der Waals surface area (Å²) in [5.41, 5.74) is -1.03. The third-order valence-corrected chi connectivity index (χ3v) is 2.13. The molecule has 0 fully saturated rings. The van der Waals surface area contributed by atoms with Crippen LogP contribution in [0.15, 0.2) is 12.1 Å². The average Bonchev–Trinajstić information content (AvgIpc) is 2.19. The maximum Gasteiger partial charge on any atom is 0.286 e. The first kappa shape index (κ1) is 12.5. The molecule has 0 saturated heterocycles. The van der Waals surface area contributed by atoms with E-state index in [-0.39, 0.29) is 11.1 Å². The minimum absolute atomic E-state index is 0.120. The number of hydrogen-bond acceptors (Lipinski definition) is 6. The molecule has 1 aromatic carbocycles. The molecular formula is C8H7N3O6. The summed E-state index contributed by atoms with van der Waals surface area (Å²) in [7, 11) is 0. The fraction of sp³-hybridized carbons (Fsp3) is 0.250. The van der Waals surface area contributed by atoms with E-state index < -0.39 is 32.7 Å². The van der Waals surface area contributed by atoms with Gasteiger partial charge in [0.15, 0.2) is 0 Å². The largest absolute Gasteiger partial charge is 0.286 e. The highest BCUT2D eigenvalue weighted by molar-refractivity contribution is 5.53. The monoisotopic (exact) mass is 241 g/mol. The molecule has 0 spiro atoms. The van der Waals surface area contributed by atoms with Gasteiger partial charge in [-0.15, -0.1) is 0 Å². The minimum Gasteiger partial charge on any atom is -0.264 e. The summed E-state index contributed by atoms with van der Waals surface area (Å²) in [5.74, 6) is 0. The molecule has 90 valence electrons. The van der Waals surface area contributed by atoms with E-state index >= 15 is 0 Å². The van der Waals surface area contributed by atoms with Crippen LogP contribution in [0.1, 0.15) is 11.1 Å². The number of hydrogen-bond donors (Lipinski definition) is 0. The number of benzene rings is 1. The second kappa shape index (κ2) is 4.51. The summed E-state index contributed by atoms with van der Waals surface area (Å²) >= 11 is 0. The van der Waals surface area contributed by atoms with Gasteiger partial charge in [0.25, 0.3) is 11.4 Å². The lowest BCUT2D eigenvalue weighted by Crippen LogP contribution is -2.06. The van der Waals surface area contributed by atoms with Crippen molar-refractivity contribution in [3.05, 3.63) is 53.6 Å². The van der Waals surface area contributed by atoms with Crippen molar-refractivity contribution in [3.8, 4) is 0 Å². The van der Waals surface area contributed by atoms with Gasteiger partial charge < -0.3 is 0 Å². The van der Waals surface area contributed by atoms with Crippen molar-refractivity contribution < 1.29 is 14.8 Å². The molecule has 0 atom stereocenters. The number of rotatable bonds is 4. The van der Waals surface area contributed by atoms with Crippen LogP contribution in [0.3, 0.4) is 0 Å². The fourth-order valence-electron chi connectivity index (χ4n) is 1.38. The van der Waals surface area contributed by atoms with Gasteiger partial charge >= 0.3 is 0 Å². The lowest BCUT2D eigenvalue weighted by Gasteiger charge is -2.02. The summed E-state index contributed by atoms with van der Waals surface area (Å²) in [5, 5.41) is 31.6. The van der Waals surface area contributed by atoms with Gasteiger partial charge in [-0.25, -0.2) is 0 Å². The molecule has 0 amide bonds. The van der Waals surface area contributed by atoms with Crippen LogP contribution in [0, 0.1) is 37.3 Å². The molecule has 1 aromatic rings. The average molecular weight is 241 g/mol. The van der Waals surface area contributed by atoms with Gasteiger partial charge in [-0.1, -0.05) is 0 Å². The number of aryl methyl sites for hydroxylation is 1. The minimum atomic E-state index is -0.862. The van der Waals surface area contributed by atoms with Crippen LogP contribution in [-0.2, 0) is 6.54 Å². The number of nitro groups is 3. The third-order valence-electron chi connectivity index (χ3n) is 2.13. The van der Waals surface area contributed by atoms with Crippen molar-refractivity contribution in [2.45, 2.75) is 13.5 Å². The number of non-ortho nitro benzene ring substituents is 1. The standard InChI is InChI=1S/C8H7N3O6/c1-5-2-6(10(14)15)3-8(11(16)17)7(5)4-9(12)13/h2-3H,4H2,1H3. The lowest BCUT2D eigenvalue weighted by atomic mass is 10.1. The SMILES string of the molecule is Cc1cc([N+](=O)[O-])cc([N+](=O)[O-])c1C[N+](=O)[O-]. The molecule has 0 unspecified atom stereocenters. The Labute approximate surface area is 94.1 Å². The topological polar surface area (TPSA) is 129 Å². The molecule has 0 aliphatic heterocycles. The van der Waals surface area contributed by atoms with Crippen LogP contribution in [0.4, 0.5) is 11.4 Å². The van der Waals surface area contributed by atoms with Gasteiger partial charge in [0.2, 0.25) is 6.54 Å². The van der Waals surface area contributed by atoms with Gasteiger partial charge in [0.1, 0.15) is 5.56 Å². The highest BCUT2D eigenvalue weighted by atomic mass is 16.6. The van der Waals surface area contributed by atoms with E-state index in [2.05, 4.69) is 0 Å². The summed E-state index contributed by atoms with van der Waals surface area (Å²) in [6.45, 7) is 0.624. The Hall–Kier alpha value is -2.58. The Morgan fingerprint density at radius 1 is 1.06 bits per heavy atom. The van der Waals surface area contributed by atoms with E-state index in [0.29, 0.717) is 0 Å². The molecule has 0 radical (unpaired) electrons. The highest BCUT2D eigenvalue weighted by Crippen LogP contribution is 2.28. The predicted octanol–water partition coefficient (Wildman–Crippen LogP) is 1.59. The van der Waals surface area contributed by atoms with E-state index in [9.17, 15) is 30.3 Å². The van der Waals surface area contributed by atoms with Crippen LogP contribution >= 0.6 is 0 Å². The molecule has 0 aromatic heterocycles. The fourth-order valence-corrected chi connectivity index (χ4v) is 1.38. The zero-order valence-electron chi connectivity index (χ0n) is 8.65. The van der Waals surface area contributed by atoms with Gasteiger partial charge in [-0.05, 0) is 12.5 Å². The molecule has 9 heteroatoms. The summed E-state index contributed by atoms with van der Waals surface area (Å²) in [6, 6.07) is 1.80. The molecule has 0 aliphatic carbocycles. The van der Waals surface area contributed by atoms with Crippen molar-refractivity contribution in [2.75, 3.05) is 0 Å². The van der Waals surface area contributed by atoms with Gasteiger partial charge in [0, 0.05) is 11.0 Å². The van der Waals surface area contributed by atoms with Crippen LogP contribution in [0.25, 0.3) is 0 Å². The normalized spacial score (nSPS) is 9.94. The lowest BCUT2D eigenvalue weighted by molar-refractivity contribution is -0.498. The van der Waals surface area contributed by atoms with Gasteiger partial charge in [-0.3, -0.25) is 30.3 Å². The quantitative estimate of drug-likeness (QED) is 0.581. The van der Waals surface area contributed by atoms with Crippen molar-refractivity contribution in [1.29, 1.82) is 0 Å². The number of nitro benzene ring substituents is 2. The molecule has 1 rings (SSSR count).